The topological polar surface area (TPSA) is 63.2 Å². The first-order valence-corrected chi connectivity index (χ1v) is 8.86. The second-order valence-electron chi connectivity index (χ2n) is 4.98. The average molecular weight is 356 g/mol. The first kappa shape index (κ1) is 17.4. The fraction of sp³-hybridized carbons (Fsp3) is 0.188. The van der Waals surface area contributed by atoms with Gasteiger partial charge in [0.25, 0.3) is 0 Å². The smallest absolute Gasteiger partial charge is 0.225 e. The van der Waals surface area contributed by atoms with Gasteiger partial charge in [-0.05, 0) is 48.9 Å². The highest BCUT2D eigenvalue weighted by atomic mass is 35.5. The SMILES string of the molecule is Cc1c(Cl)cccc1NC(=O)CCS(=O)(=O)c1ccc(F)cc1. The summed E-state index contributed by atoms with van der Waals surface area (Å²) in [5, 5.41) is 3.15. The van der Waals surface area contributed by atoms with Crippen molar-refractivity contribution >= 4 is 33.0 Å². The van der Waals surface area contributed by atoms with Gasteiger partial charge in [0.05, 0.1) is 10.6 Å². The van der Waals surface area contributed by atoms with E-state index in [2.05, 4.69) is 5.32 Å². The largest absolute Gasteiger partial charge is 0.326 e. The van der Waals surface area contributed by atoms with E-state index in [0.717, 1.165) is 12.1 Å². The molecular formula is C16H15ClFNO3S. The molecule has 0 aromatic heterocycles. The molecule has 0 saturated heterocycles. The first-order chi connectivity index (χ1) is 10.8. The number of carbonyl (C=O) groups is 1. The van der Waals surface area contributed by atoms with Gasteiger partial charge in [-0.15, -0.1) is 0 Å². The Labute approximate surface area is 139 Å². The highest BCUT2D eigenvalue weighted by Crippen LogP contribution is 2.23. The molecule has 0 fully saturated rings. The lowest BCUT2D eigenvalue weighted by Crippen LogP contribution is -2.18. The monoisotopic (exact) mass is 355 g/mol. The number of hydrogen-bond donors (Lipinski definition) is 1. The Balaban J connectivity index is 2.01. The minimum atomic E-state index is -3.64. The van der Waals surface area contributed by atoms with Crippen LogP contribution < -0.4 is 5.32 Å². The highest BCUT2D eigenvalue weighted by Gasteiger charge is 2.17. The van der Waals surface area contributed by atoms with E-state index in [1.54, 1.807) is 25.1 Å². The summed E-state index contributed by atoms with van der Waals surface area (Å²) in [6.07, 6.45) is -0.203. The lowest BCUT2D eigenvalue weighted by atomic mass is 10.2. The number of amides is 1. The Bertz CT molecular complexity index is 820. The third kappa shape index (κ3) is 4.53. The molecule has 4 nitrogen and oxygen atoms in total. The van der Waals surface area contributed by atoms with E-state index in [9.17, 15) is 17.6 Å². The molecule has 0 aliphatic rings. The Kier molecular flexibility index (Phi) is 5.38. The zero-order valence-electron chi connectivity index (χ0n) is 12.3. The molecular weight excluding hydrogens is 341 g/mol. The number of rotatable bonds is 5. The van der Waals surface area contributed by atoms with Crippen molar-refractivity contribution in [1.82, 2.24) is 0 Å². The maximum Gasteiger partial charge on any atom is 0.225 e. The fourth-order valence-electron chi connectivity index (χ4n) is 1.94. The molecule has 0 saturated carbocycles. The number of halogens is 2. The van der Waals surface area contributed by atoms with Crippen molar-refractivity contribution in [2.24, 2.45) is 0 Å². The lowest BCUT2D eigenvalue weighted by molar-refractivity contribution is -0.115. The molecule has 2 aromatic carbocycles. The molecule has 0 aliphatic heterocycles. The van der Waals surface area contributed by atoms with Gasteiger partial charge in [0, 0.05) is 17.1 Å². The molecule has 0 bridgehead atoms. The summed E-state index contributed by atoms with van der Waals surface area (Å²) in [5.41, 5.74) is 1.26. The zero-order valence-corrected chi connectivity index (χ0v) is 13.9. The van der Waals surface area contributed by atoms with Crippen LogP contribution in [0.5, 0.6) is 0 Å². The van der Waals surface area contributed by atoms with Gasteiger partial charge in [0.1, 0.15) is 5.82 Å². The summed E-state index contributed by atoms with van der Waals surface area (Å²) in [4.78, 5) is 11.9. The van der Waals surface area contributed by atoms with Crippen LogP contribution in [0.4, 0.5) is 10.1 Å². The van der Waals surface area contributed by atoms with Crippen molar-refractivity contribution < 1.29 is 17.6 Å². The van der Waals surface area contributed by atoms with Crippen LogP contribution in [0.25, 0.3) is 0 Å². The van der Waals surface area contributed by atoms with E-state index in [1.165, 1.54) is 12.1 Å². The maximum atomic E-state index is 12.8. The van der Waals surface area contributed by atoms with Crippen molar-refractivity contribution in [3.63, 3.8) is 0 Å². The Morgan fingerprint density at radius 3 is 2.48 bits per heavy atom. The van der Waals surface area contributed by atoms with Crippen LogP contribution in [-0.4, -0.2) is 20.1 Å². The van der Waals surface area contributed by atoms with E-state index in [4.69, 9.17) is 11.6 Å². The second-order valence-corrected chi connectivity index (χ2v) is 7.50. The number of carbonyl (C=O) groups excluding carboxylic acids is 1. The van der Waals surface area contributed by atoms with Crippen molar-refractivity contribution in [1.29, 1.82) is 0 Å². The van der Waals surface area contributed by atoms with Gasteiger partial charge < -0.3 is 5.32 Å². The normalized spacial score (nSPS) is 11.3. The van der Waals surface area contributed by atoms with Crippen molar-refractivity contribution in [3.05, 3.63) is 58.9 Å². The second kappa shape index (κ2) is 7.10. The van der Waals surface area contributed by atoms with Crippen LogP contribution >= 0.6 is 11.6 Å². The number of nitrogens with one attached hydrogen (secondary N) is 1. The minimum Gasteiger partial charge on any atom is -0.326 e. The van der Waals surface area contributed by atoms with Crippen molar-refractivity contribution in [2.45, 2.75) is 18.2 Å². The Morgan fingerprint density at radius 2 is 1.83 bits per heavy atom. The molecule has 2 aromatic rings. The number of sulfone groups is 1. The van der Waals surface area contributed by atoms with Crippen molar-refractivity contribution in [3.8, 4) is 0 Å². The third-order valence-corrected chi connectivity index (χ3v) is 5.45. The van der Waals surface area contributed by atoms with E-state index in [1.807, 2.05) is 0 Å². The Hall–Kier alpha value is -1.92. The minimum absolute atomic E-state index is 0.00867. The molecule has 1 N–H and O–H groups in total. The van der Waals surface area contributed by atoms with Crippen LogP contribution in [0.2, 0.25) is 5.02 Å². The van der Waals surface area contributed by atoms with Gasteiger partial charge >= 0.3 is 0 Å². The van der Waals surface area contributed by atoms with Crippen molar-refractivity contribution in [2.75, 3.05) is 11.1 Å². The molecule has 23 heavy (non-hydrogen) atoms. The summed E-state index contributed by atoms with van der Waals surface area (Å²) in [5.74, 6) is -1.30. The molecule has 0 aliphatic carbocycles. The van der Waals surface area contributed by atoms with Gasteiger partial charge in [0.15, 0.2) is 9.84 Å². The highest BCUT2D eigenvalue weighted by molar-refractivity contribution is 7.91. The van der Waals surface area contributed by atoms with Gasteiger partial charge in [-0.2, -0.15) is 0 Å². The first-order valence-electron chi connectivity index (χ1n) is 6.83. The van der Waals surface area contributed by atoms with Gasteiger partial charge in [-0.1, -0.05) is 17.7 Å². The van der Waals surface area contributed by atoms with E-state index in [-0.39, 0.29) is 17.1 Å². The fourth-order valence-corrected chi connectivity index (χ4v) is 3.36. The molecule has 1 amide bonds. The van der Waals surface area contributed by atoms with Crippen LogP contribution in [0, 0.1) is 12.7 Å². The average Bonchev–Trinajstić information content (AvgIpc) is 2.50. The quantitative estimate of drug-likeness (QED) is 0.834. The summed E-state index contributed by atoms with van der Waals surface area (Å²) in [6, 6.07) is 9.59. The number of anilines is 1. The molecule has 0 radical (unpaired) electrons. The number of hydrogen-bond acceptors (Lipinski definition) is 3. The van der Waals surface area contributed by atoms with Crippen LogP contribution in [0.15, 0.2) is 47.4 Å². The summed E-state index contributed by atoms with van der Waals surface area (Å²) in [6.45, 7) is 1.76. The predicted molar refractivity (Wildman–Crippen MR) is 87.9 cm³/mol. The van der Waals surface area contributed by atoms with Crippen LogP contribution in [-0.2, 0) is 14.6 Å². The summed E-state index contributed by atoms with van der Waals surface area (Å²) in [7, 11) is -3.64. The number of benzene rings is 2. The van der Waals surface area contributed by atoms with E-state index >= 15 is 0 Å². The summed E-state index contributed by atoms with van der Waals surface area (Å²) >= 11 is 5.96. The maximum absolute atomic E-state index is 12.8. The van der Waals surface area contributed by atoms with Gasteiger partial charge in [-0.25, -0.2) is 12.8 Å². The molecule has 0 unspecified atom stereocenters. The van der Waals surface area contributed by atoms with Crippen LogP contribution in [0.1, 0.15) is 12.0 Å². The third-order valence-electron chi connectivity index (χ3n) is 3.31. The van der Waals surface area contributed by atoms with E-state index < -0.39 is 21.6 Å². The zero-order chi connectivity index (χ0) is 17.0. The molecule has 0 atom stereocenters. The standard InChI is InChI=1S/C16H15ClFNO3S/c1-11-14(17)3-2-4-15(11)19-16(20)9-10-23(21,22)13-7-5-12(18)6-8-13/h2-8H,9-10H2,1H3,(H,19,20). The van der Waals surface area contributed by atoms with Gasteiger partial charge in [0.2, 0.25) is 5.91 Å². The molecule has 2 rings (SSSR count). The molecule has 7 heteroatoms. The molecule has 122 valence electrons. The Morgan fingerprint density at radius 1 is 1.17 bits per heavy atom. The predicted octanol–water partition coefficient (Wildman–Crippen LogP) is 3.59. The molecule has 0 spiro atoms. The van der Waals surface area contributed by atoms with Gasteiger partial charge in [-0.3, -0.25) is 4.79 Å². The van der Waals surface area contributed by atoms with Crippen LogP contribution in [0.3, 0.4) is 0 Å². The summed E-state index contributed by atoms with van der Waals surface area (Å²) < 4.78 is 37.0. The molecule has 0 heterocycles. The lowest BCUT2D eigenvalue weighted by Gasteiger charge is -2.09. The van der Waals surface area contributed by atoms with E-state index in [0.29, 0.717) is 16.3 Å².